The molecule has 19 heavy (non-hydrogen) atoms. The molecule has 0 atom stereocenters. The Morgan fingerprint density at radius 1 is 1.05 bits per heavy atom. The molecule has 0 spiro atoms. The molecule has 106 valence electrons. The second-order valence-corrected chi connectivity index (χ2v) is 4.69. The van der Waals surface area contributed by atoms with Crippen molar-refractivity contribution < 1.29 is 14.2 Å². The van der Waals surface area contributed by atoms with Gasteiger partial charge >= 0.3 is 0 Å². The van der Waals surface area contributed by atoms with E-state index in [2.05, 4.69) is 4.90 Å². The first-order valence-electron chi connectivity index (χ1n) is 6.95. The van der Waals surface area contributed by atoms with Gasteiger partial charge in [-0.3, -0.25) is 4.90 Å². The van der Waals surface area contributed by atoms with Crippen LogP contribution < -0.4 is 9.47 Å². The van der Waals surface area contributed by atoms with Crippen LogP contribution in [0.4, 0.5) is 0 Å². The molecule has 1 aromatic rings. The van der Waals surface area contributed by atoms with Gasteiger partial charge in [0.25, 0.3) is 0 Å². The van der Waals surface area contributed by atoms with E-state index in [-0.39, 0.29) is 0 Å². The van der Waals surface area contributed by atoms with Crippen molar-refractivity contribution in [2.75, 3.05) is 46.6 Å². The fraction of sp³-hybridized carbons (Fsp3) is 0.600. The van der Waals surface area contributed by atoms with Crippen molar-refractivity contribution in [1.29, 1.82) is 0 Å². The SMILES string of the molecule is COc1ccc(OCCCCN2CCOCC2)cc1. The van der Waals surface area contributed by atoms with Gasteiger partial charge in [-0.25, -0.2) is 0 Å². The van der Waals surface area contributed by atoms with Gasteiger partial charge in [0, 0.05) is 13.1 Å². The van der Waals surface area contributed by atoms with Crippen LogP contribution in [-0.2, 0) is 4.74 Å². The minimum atomic E-state index is 0.774. The molecule has 1 fully saturated rings. The van der Waals surface area contributed by atoms with Crippen molar-refractivity contribution in [1.82, 2.24) is 4.90 Å². The zero-order chi connectivity index (χ0) is 13.3. The van der Waals surface area contributed by atoms with E-state index in [1.807, 2.05) is 24.3 Å². The second-order valence-electron chi connectivity index (χ2n) is 4.69. The number of nitrogens with zero attached hydrogens (tertiary/aromatic N) is 1. The standard InChI is InChI=1S/C15H23NO3/c1-17-14-4-6-15(7-5-14)19-11-3-2-8-16-9-12-18-13-10-16/h4-7H,2-3,8-13H2,1H3. The number of rotatable bonds is 7. The summed E-state index contributed by atoms with van der Waals surface area (Å²) in [6.45, 7) is 5.81. The van der Waals surface area contributed by atoms with Crippen LogP contribution in [-0.4, -0.2) is 51.5 Å². The molecular weight excluding hydrogens is 242 g/mol. The fourth-order valence-electron chi connectivity index (χ4n) is 2.12. The highest BCUT2D eigenvalue weighted by molar-refractivity contribution is 5.31. The van der Waals surface area contributed by atoms with Crippen LogP contribution in [0.25, 0.3) is 0 Å². The van der Waals surface area contributed by atoms with Crippen molar-refractivity contribution in [2.24, 2.45) is 0 Å². The maximum atomic E-state index is 5.70. The number of methoxy groups -OCH3 is 1. The minimum Gasteiger partial charge on any atom is -0.497 e. The molecule has 4 nitrogen and oxygen atoms in total. The molecule has 0 amide bonds. The van der Waals surface area contributed by atoms with Crippen LogP contribution in [0.3, 0.4) is 0 Å². The lowest BCUT2D eigenvalue weighted by Crippen LogP contribution is -2.36. The molecule has 1 aromatic carbocycles. The molecule has 0 radical (unpaired) electrons. The first-order chi connectivity index (χ1) is 9.38. The molecule has 1 aliphatic rings. The first-order valence-corrected chi connectivity index (χ1v) is 6.95. The average Bonchev–Trinajstić information content (AvgIpc) is 2.49. The quantitative estimate of drug-likeness (QED) is 0.707. The molecule has 1 saturated heterocycles. The van der Waals surface area contributed by atoms with Gasteiger partial charge in [0.1, 0.15) is 11.5 Å². The van der Waals surface area contributed by atoms with Crippen LogP contribution in [0, 0.1) is 0 Å². The van der Waals surface area contributed by atoms with Crippen LogP contribution in [0.5, 0.6) is 11.5 Å². The van der Waals surface area contributed by atoms with Crippen molar-refractivity contribution in [2.45, 2.75) is 12.8 Å². The summed E-state index contributed by atoms with van der Waals surface area (Å²) in [6.07, 6.45) is 2.26. The summed E-state index contributed by atoms with van der Waals surface area (Å²) in [5.41, 5.74) is 0. The Balaban J connectivity index is 1.55. The Morgan fingerprint density at radius 2 is 1.74 bits per heavy atom. The number of hydrogen-bond acceptors (Lipinski definition) is 4. The first kappa shape index (κ1) is 14.2. The Kier molecular flexibility index (Phi) is 5.98. The molecule has 0 bridgehead atoms. The Bertz CT molecular complexity index is 347. The van der Waals surface area contributed by atoms with Crippen molar-refractivity contribution in [3.63, 3.8) is 0 Å². The van der Waals surface area contributed by atoms with Crippen LogP contribution in [0.1, 0.15) is 12.8 Å². The van der Waals surface area contributed by atoms with Crippen LogP contribution in [0.15, 0.2) is 24.3 Å². The van der Waals surface area contributed by atoms with Crippen molar-refractivity contribution in [3.05, 3.63) is 24.3 Å². The molecule has 0 unspecified atom stereocenters. The topological polar surface area (TPSA) is 30.9 Å². The zero-order valence-corrected chi connectivity index (χ0v) is 11.6. The molecule has 0 N–H and O–H groups in total. The summed E-state index contributed by atoms with van der Waals surface area (Å²) in [7, 11) is 1.67. The van der Waals surface area contributed by atoms with E-state index in [1.54, 1.807) is 7.11 Å². The highest BCUT2D eigenvalue weighted by atomic mass is 16.5. The van der Waals surface area contributed by atoms with E-state index in [9.17, 15) is 0 Å². The largest absolute Gasteiger partial charge is 0.497 e. The molecule has 0 saturated carbocycles. The summed E-state index contributed by atoms with van der Waals surface area (Å²) < 4.78 is 16.1. The van der Waals surface area contributed by atoms with Crippen molar-refractivity contribution in [3.8, 4) is 11.5 Å². The summed E-state index contributed by atoms with van der Waals surface area (Å²) in [5.74, 6) is 1.77. The molecule has 1 aliphatic heterocycles. The third-order valence-corrected chi connectivity index (χ3v) is 3.30. The van der Waals surface area contributed by atoms with E-state index >= 15 is 0 Å². The van der Waals surface area contributed by atoms with Gasteiger partial charge in [-0.05, 0) is 43.7 Å². The van der Waals surface area contributed by atoms with E-state index in [0.717, 1.165) is 57.4 Å². The van der Waals surface area contributed by atoms with Crippen LogP contribution in [0.2, 0.25) is 0 Å². The summed E-state index contributed by atoms with van der Waals surface area (Å²) in [4.78, 5) is 2.46. The van der Waals surface area contributed by atoms with Gasteiger partial charge in [0.05, 0.1) is 26.9 Å². The van der Waals surface area contributed by atoms with E-state index in [0.29, 0.717) is 0 Å². The lowest BCUT2D eigenvalue weighted by Gasteiger charge is -2.26. The smallest absolute Gasteiger partial charge is 0.119 e. The third kappa shape index (κ3) is 5.09. The van der Waals surface area contributed by atoms with Gasteiger partial charge in [0.15, 0.2) is 0 Å². The molecule has 1 heterocycles. The van der Waals surface area contributed by atoms with Crippen molar-refractivity contribution >= 4 is 0 Å². The molecule has 0 aromatic heterocycles. The number of hydrogen-bond donors (Lipinski definition) is 0. The Morgan fingerprint density at radius 3 is 2.42 bits per heavy atom. The van der Waals surface area contributed by atoms with Gasteiger partial charge in [-0.1, -0.05) is 0 Å². The van der Waals surface area contributed by atoms with Crippen LogP contribution >= 0.6 is 0 Å². The van der Waals surface area contributed by atoms with Gasteiger partial charge in [-0.2, -0.15) is 0 Å². The number of benzene rings is 1. The second kappa shape index (κ2) is 8.02. The maximum Gasteiger partial charge on any atom is 0.119 e. The minimum absolute atomic E-state index is 0.774. The molecule has 0 aliphatic carbocycles. The Hall–Kier alpha value is -1.26. The summed E-state index contributed by atoms with van der Waals surface area (Å²) in [5, 5.41) is 0. The van der Waals surface area contributed by atoms with E-state index in [1.165, 1.54) is 6.42 Å². The predicted octanol–water partition coefficient (Wildman–Crippen LogP) is 2.19. The summed E-state index contributed by atoms with van der Waals surface area (Å²) in [6, 6.07) is 7.73. The lowest BCUT2D eigenvalue weighted by atomic mass is 10.3. The molecule has 2 rings (SSSR count). The summed E-state index contributed by atoms with van der Waals surface area (Å²) >= 11 is 0. The van der Waals surface area contributed by atoms with E-state index in [4.69, 9.17) is 14.2 Å². The number of unbranched alkanes of at least 4 members (excludes halogenated alkanes) is 1. The number of ether oxygens (including phenoxy) is 3. The zero-order valence-electron chi connectivity index (χ0n) is 11.6. The monoisotopic (exact) mass is 265 g/mol. The average molecular weight is 265 g/mol. The maximum absolute atomic E-state index is 5.70. The highest BCUT2D eigenvalue weighted by Gasteiger charge is 2.08. The normalized spacial score (nSPS) is 16.3. The fourth-order valence-corrected chi connectivity index (χ4v) is 2.12. The lowest BCUT2D eigenvalue weighted by molar-refractivity contribution is 0.0368. The predicted molar refractivity (Wildman–Crippen MR) is 75.0 cm³/mol. The Labute approximate surface area is 115 Å². The van der Waals surface area contributed by atoms with Gasteiger partial charge < -0.3 is 14.2 Å². The highest BCUT2D eigenvalue weighted by Crippen LogP contribution is 2.17. The third-order valence-electron chi connectivity index (χ3n) is 3.30. The number of morpholine rings is 1. The van der Waals surface area contributed by atoms with E-state index < -0.39 is 0 Å². The van der Waals surface area contributed by atoms with Gasteiger partial charge in [0.2, 0.25) is 0 Å². The molecular formula is C15H23NO3. The van der Waals surface area contributed by atoms with Gasteiger partial charge in [-0.15, -0.1) is 0 Å². The molecule has 4 heteroatoms.